The maximum Gasteiger partial charge on any atom is 0.243 e. The summed E-state index contributed by atoms with van der Waals surface area (Å²) in [7, 11) is -3.54. The van der Waals surface area contributed by atoms with E-state index in [1.165, 1.54) is 9.87 Å². The average Bonchev–Trinajstić information content (AvgIpc) is 2.75. The number of amides is 1. The predicted molar refractivity (Wildman–Crippen MR) is 114 cm³/mol. The van der Waals surface area contributed by atoms with Crippen LogP contribution in [0.5, 0.6) is 0 Å². The number of carbonyl (C=O) groups is 1. The summed E-state index contributed by atoms with van der Waals surface area (Å²) < 4.78 is 27.0. The number of rotatable bonds is 8. The fraction of sp³-hybridized carbons (Fsp3) is 0.381. The Kier molecular flexibility index (Phi) is 7.53. The minimum Gasteiger partial charge on any atom is -0.355 e. The minimum absolute atomic E-state index is 0.0479. The Morgan fingerprint density at radius 2 is 1.75 bits per heavy atom. The average molecular weight is 419 g/mol. The highest BCUT2D eigenvalue weighted by Crippen LogP contribution is 2.23. The van der Waals surface area contributed by atoms with Crippen molar-refractivity contribution >= 4 is 27.7 Å². The van der Waals surface area contributed by atoms with Crippen molar-refractivity contribution in [2.45, 2.75) is 23.5 Å². The first-order valence-electron chi connectivity index (χ1n) is 9.52. The first-order valence-corrected chi connectivity index (χ1v) is 12.1. The largest absolute Gasteiger partial charge is 0.355 e. The van der Waals surface area contributed by atoms with Crippen molar-refractivity contribution in [3.63, 3.8) is 0 Å². The summed E-state index contributed by atoms with van der Waals surface area (Å²) in [6.45, 7) is 1.31. The van der Waals surface area contributed by atoms with E-state index in [4.69, 9.17) is 0 Å². The summed E-state index contributed by atoms with van der Waals surface area (Å²) in [5.74, 6) is 1.42. The molecule has 28 heavy (non-hydrogen) atoms. The molecule has 0 saturated carbocycles. The molecule has 1 atom stereocenters. The van der Waals surface area contributed by atoms with Crippen LogP contribution in [0.2, 0.25) is 0 Å². The molecule has 3 rings (SSSR count). The number of hydrogen-bond donors (Lipinski definition) is 1. The Morgan fingerprint density at radius 1 is 1.07 bits per heavy atom. The van der Waals surface area contributed by atoms with E-state index in [0.717, 1.165) is 17.9 Å². The number of piperidine rings is 1. The van der Waals surface area contributed by atoms with Gasteiger partial charge in [-0.1, -0.05) is 48.5 Å². The number of hydrogen-bond acceptors (Lipinski definition) is 4. The zero-order valence-corrected chi connectivity index (χ0v) is 17.4. The van der Waals surface area contributed by atoms with E-state index in [2.05, 4.69) is 17.4 Å². The summed E-state index contributed by atoms with van der Waals surface area (Å²) >= 11 is 1.78. The SMILES string of the molecule is O=C(NCCSCc1ccccc1)C1CCCN(S(=O)(=O)c2ccccc2)C1. The van der Waals surface area contributed by atoms with Crippen molar-refractivity contribution in [2.75, 3.05) is 25.4 Å². The van der Waals surface area contributed by atoms with Gasteiger partial charge in [0.25, 0.3) is 0 Å². The molecular weight excluding hydrogens is 392 g/mol. The number of carbonyl (C=O) groups excluding carboxylic acids is 1. The number of nitrogens with zero attached hydrogens (tertiary/aromatic N) is 1. The van der Waals surface area contributed by atoms with Gasteiger partial charge in [-0.3, -0.25) is 4.79 Å². The van der Waals surface area contributed by atoms with Crippen LogP contribution in [0, 0.1) is 5.92 Å². The molecular formula is C21H26N2O3S2. The van der Waals surface area contributed by atoms with Gasteiger partial charge < -0.3 is 5.32 Å². The molecule has 1 unspecified atom stereocenters. The van der Waals surface area contributed by atoms with Crippen molar-refractivity contribution in [1.82, 2.24) is 9.62 Å². The molecule has 150 valence electrons. The molecule has 0 aliphatic carbocycles. The molecule has 1 heterocycles. The fourth-order valence-corrected chi connectivity index (χ4v) is 5.64. The van der Waals surface area contributed by atoms with E-state index in [-0.39, 0.29) is 23.3 Å². The van der Waals surface area contributed by atoms with Gasteiger partial charge in [0.1, 0.15) is 0 Å². The normalized spacial score (nSPS) is 17.9. The van der Waals surface area contributed by atoms with E-state index in [1.54, 1.807) is 42.1 Å². The molecule has 0 spiro atoms. The summed E-state index contributed by atoms with van der Waals surface area (Å²) in [5.41, 5.74) is 1.27. The van der Waals surface area contributed by atoms with Crippen LogP contribution >= 0.6 is 11.8 Å². The molecule has 0 aromatic heterocycles. The third-order valence-electron chi connectivity index (χ3n) is 4.79. The third-order valence-corrected chi connectivity index (χ3v) is 7.70. The lowest BCUT2D eigenvalue weighted by atomic mass is 9.99. The summed E-state index contributed by atoms with van der Waals surface area (Å²) in [4.78, 5) is 12.8. The molecule has 1 aliphatic heterocycles. The van der Waals surface area contributed by atoms with Crippen LogP contribution in [-0.2, 0) is 20.6 Å². The summed E-state index contributed by atoms with van der Waals surface area (Å²) in [6, 6.07) is 18.7. The van der Waals surface area contributed by atoms with Crippen LogP contribution in [0.15, 0.2) is 65.6 Å². The van der Waals surface area contributed by atoms with Gasteiger partial charge in [0.05, 0.1) is 10.8 Å². The second-order valence-corrected chi connectivity index (χ2v) is 9.89. The first-order chi connectivity index (χ1) is 13.6. The van der Waals surface area contributed by atoms with Gasteiger partial charge in [-0.15, -0.1) is 0 Å². The molecule has 1 N–H and O–H groups in total. The number of sulfonamides is 1. The monoisotopic (exact) mass is 418 g/mol. The lowest BCUT2D eigenvalue weighted by molar-refractivity contribution is -0.125. The summed E-state index contributed by atoms with van der Waals surface area (Å²) in [5, 5.41) is 2.97. The van der Waals surface area contributed by atoms with Crippen molar-refractivity contribution in [3.05, 3.63) is 66.2 Å². The van der Waals surface area contributed by atoms with E-state index in [1.807, 2.05) is 18.2 Å². The highest BCUT2D eigenvalue weighted by molar-refractivity contribution is 7.98. The maximum absolute atomic E-state index is 12.8. The minimum atomic E-state index is -3.54. The first kappa shape index (κ1) is 20.9. The second kappa shape index (κ2) is 10.1. The fourth-order valence-electron chi connectivity index (χ4n) is 3.27. The smallest absolute Gasteiger partial charge is 0.243 e. The van der Waals surface area contributed by atoms with Crippen LogP contribution in [-0.4, -0.2) is 44.0 Å². The zero-order valence-electron chi connectivity index (χ0n) is 15.8. The van der Waals surface area contributed by atoms with Crippen LogP contribution in [0.1, 0.15) is 18.4 Å². The van der Waals surface area contributed by atoms with Crippen LogP contribution in [0.3, 0.4) is 0 Å². The third kappa shape index (κ3) is 5.59. The molecule has 2 aromatic rings. The second-order valence-electron chi connectivity index (χ2n) is 6.84. The lowest BCUT2D eigenvalue weighted by Gasteiger charge is -2.31. The Balaban J connectivity index is 1.45. The van der Waals surface area contributed by atoms with Crippen molar-refractivity contribution in [3.8, 4) is 0 Å². The molecule has 7 heteroatoms. The number of nitrogens with one attached hydrogen (secondary N) is 1. The van der Waals surface area contributed by atoms with E-state index >= 15 is 0 Å². The molecule has 1 aliphatic rings. The van der Waals surface area contributed by atoms with E-state index < -0.39 is 10.0 Å². The highest BCUT2D eigenvalue weighted by atomic mass is 32.2. The van der Waals surface area contributed by atoms with Crippen molar-refractivity contribution in [2.24, 2.45) is 5.92 Å². The van der Waals surface area contributed by atoms with Crippen molar-refractivity contribution in [1.29, 1.82) is 0 Å². The van der Waals surface area contributed by atoms with Crippen LogP contribution in [0.4, 0.5) is 0 Å². The standard InChI is InChI=1S/C21H26N2O3S2/c24-21(22-13-15-27-17-18-8-3-1-4-9-18)19-10-7-14-23(16-19)28(25,26)20-11-5-2-6-12-20/h1-6,8-9,11-12,19H,7,10,13-17H2,(H,22,24). The molecule has 1 saturated heterocycles. The molecule has 0 radical (unpaired) electrons. The summed E-state index contributed by atoms with van der Waals surface area (Å²) in [6.07, 6.45) is 1.43. The zero-order chi connectivity index (χ0) is 19.8. The quantitative estimate of drug-likeness (QED) is 0.669. The van der Waals surface area contributed by atoms with E-state index in [9.17, 15) is 13.2 Å². The lowest BCUT2D eigenvalue weighted by Crippen LogP contribution is -2.45. The molecule has 1 fully saturated rings. The Morgan fingerprint density at radius 3 is 2.46 bits per heavy atom. The Bertz CT molecular complexity index is 858. The van der Waals surface area contributed by atoms with Gasteiger partial charge >= 0.3 is 0 Å². The number of benzene rings is 2. The molecule has 1 amide bonds. The van der Waals surface area contributed by atoms with Gasteiger partial charge in [0, 0.05) is 31.1 Å². The van der Waals surface area contributed by atoms with Crippen LogP contribution in [0.25, 0.3) is 0 Å². The van der Waals surface area contributed by atoms with Gasteiger partial charge in [-0.05, 0) is 30.5 Å². The van der Waals surface area contributed by atoms with Gasteiger partial charge in [-0.25, -0.2) is 8.42 Å². The maximum atomic E-state index is 12.8. The predicted octanol–water partition coefficient (Wildman–Crippen LogP) is 3.14. The topological polar surface area (TPSA) is 66.5 Å². The van der Waals surface area contributed by atoms with E-state index in [0.29, 0.717) is 19.5 Å². The Hall–Kier alpha value is -1.83. The molecule has 5 nitrogen and oxygen atoms in total. The van der Waals surface area contributed by atoms with Gasteiger partial charge in [0.2, 0.25) is 15.9 Å². The van der Waals surface area contributed by atoms with Gasteiger partial charge in [0.15, 0.2) is 0 Å². The molecule has 0 bridgehead atoms. The Labute approximate surface area is 171 Å². The van der Waals surface area contributed by atoms with Crippen molar-refractivity contribution < 1.29 is 13.2 Å². The molecule has 2 aromatic carbocycles. The van der Waals surface area contributed by atoms with Gasteiger partial charge in [-0.2, -0.15) is 16.1 Å². The highest BCUT2D eigenvalue weighted by Gasteiger charge is 2.33. The number of thioether (sulfide) groups is 1. The van der Waals surface area contributed by atoms with Crippen LogP contribution < -0.4 is 5.32 Å².